The van der Waals surface area contributed by atoms with Crippen LogP contribution in [0, 0.1) is 0 Å². The summed E-state index contributed by atoms with van der Waals surface area (Å²) in [4.78, 5) is 10.6. The average Bonchev–Trinajstić information content (AvgIpc) is 2.28. The number of nitrogens with zero attached hydrogens (tertiary/aromatic N) is 3. The summed E-state index contributed by atoms with van der Waals surface area (Å²) in [6, 6.07) is 1.96. The van der Waals surface area contributed by atoms with E-state index in [0.29, 0.717) is 0 Å². The van der Waals surface area contributed by atoms with E-state index < -0.39 is 0 Å². The molecule has 5 nitrogen and oxygen atoms in total. The molecule has 2 rings (SSSR count). The first kappa shape index (κ1) is 11.1. The molecule has 2 atom stereocenters. The van der Waals surface area contributed by atoms with Crippen LogP contribution in [0.2, 0.25) is 0 Å². The smallest absolute Gasteiger partial charge is 0.134 e. The summed E-state index contributed by atoms with van der Waals surface area (Å²) in [5.74, 6) is 1.80. The maximum atomic E-state index is 5.69. The molecule has 2 heterocycles. The van der Waals surface area contributed by atoms with Gasteiger partial charge in [0.15, 0.2) is 0 Å². The summed E-state index contributed by atoms with van der Waals surface area (Å²) in [6.45, 7) is 5.93. The third kappa shape index (κ3) is 2.41. The first-order valence-electron chi connectivity index (χ1n) is 5.59. The van der Waals surface area contributed by atoms with Crippen molar-refractivity contribution in [2.75, 3.05) is 30.4 Å². The van der Waals surface area contributed by atoms with E-state index in [1.165, 1.54) is 0 Å². The molecule has 5 heteroatoms. The number of hydrogen-bond acceptors (Lipinski definition) is 5. The van der Waals surface area contributed by atoms with E-state index in [1.807, 2.05) is 13.1 Å². The van der Waals surface area contributed by atoms with Crippen LogP contribution in [0.1, 0.15) is 13.8 Å². The molecule has 1 fully saturated rings. The fourth-order valence-corrected chi connectivity index (χ4v) is 2.02. The highest BCUT2D eigenvalue weighted by atomic mass is 16.5. The van der Waals surface area contributed by atoms with Crippen LogP contribution < -0.4 is 10.2 Å². The number of morpholine rings is 1. The second kappa shape index (κ2) is 4.65. The van der Waals surface area contributed by atoms with Gasteiger partial charge < -0.3 is 15.0 Å². The van der Waals surface area contributed by atoms with Crippen molar-refractivity contribution in [3.8, 4) is 0 Å². The molecule has 0 radical (unpaired) electrons. The van der Waals surface area contributed by atoms with Crippen molar-refractivity contribution in [2.24, 2.45) is 0 Å². The largest absolute Gasteiger partial charge is 0.373 e. The Balaban J connectivity index is 2.16. The minimum absolute atomic E-state index is 0.247. The molecular weight excluding hydrogens is 204 g/mol. The van der Waals surface area contributed by atoms with Crippen LogP contribution in [0.3, 0.4) is 0 Å². The number of rotatable bonds is 2. The number of hydrogen-bond donors (Lipinski definition) is 1. The fraction of sp³-hybridized carbons (Fsp3) is 0.636. The first-order chi connectivity index (χ1) is 7.69. The number of aromatic nitrogens is 2. The van der Waals surface area contributed by atoms with Gasteiger partial charge in [0.1, 0.15) is 18.0 Å². The van der Waals surface area contributed by atoms with E-state index in [9.17, 15) is 0 Å². The molecule has 0 spiro atoms. The zero-order valence-electron chi connectivity index (χ0n) is 9.97. The highest BCUT2D eigenvalue weighted by Crippen LogP contribution is 2.19. The van der Waals surface area contributed by atoms with Gasteiger partial charge in [0.05, 0.1) is 12.2 Å². The van der Waals surface area contributed by atoms with Gasteiger partial charge in [-0.3, -0.25) is 0 Å². The van der Waals surface area contributed by atoms with Gasteiger partial charge in [0.2, 0.25) is 0 Å². The van der Waals surface area contributed by atoms with Crippen LogP contribution in [0.25, 0.3) is 0 Å². The predicted octanol–water partition coefficient (Wildman–Crippen LogP) is 1.13. The van der Waals surface area contributed by atoms with Gasteiger partial charge >= 0.3 is 0 Å². The SMILES string of the molecule is CNc1cc(N2C[C@@H](C)O[C@@H](C)C2)ncn1. The van der Waals surface area contributed by atoms with Crippen LogP contribution in [0.5, 0.6) is 0 Å². The molecule has 0 aliphatic carbocycles. The standard InChI is InChI=1S/C11H18N4O/c1-8-5-15(6-9(2)16-8)11-4-10(12-3)13-7-14-11/h4,7-9H,5-6H2,1-3H3,(H,12,13,14)/t8-,9+. The number of nitrogens with one attached hydrogen (secondary N) is 1. The van der Waals surface area contributed by atoms with E-state index in [0.717, 1.165) is 24.7 Å². The zero-order valence-corrected chi connectivity index (χ0v) is 9.97. The highest BCUT2D eigenvalue weighted by Gasteiger charge is 2.23. The Bertz CT molecular complexity index is 348. The van der Waals surface area contributed by atoms with E-state index in [-0.39, 0.29) is 12.2 Å². The lowest BCUT2D eigenvalue weighted by atomic mass is 10.2. The Morgan fingerprint density at radius 2 is 2.00 bits per heavy atom. The average molecular weight is 222 g/mol. The lowest BCUT2D eigenvalue weighted by Crippen LogP contribution is -2.45. The summed E-state index contributed by atoms with van der Waals surface area (Å²) in [7, 11) is 1.86. The summed E-state index contributed by atoms with van der Waals surface area (Å²) in [5, 5.41) is 3.02. The summed E-state index contributed by atoms with van der Waals surface area (Å²) in [5.41, 5.74) is 0. The molecular formula is C11H18N4O. The molecule has 0 saturated carbocycles. The Kier molecular flexibility index (Phi) is 3.24. The van der Waals surface area contributed by atoms with Gasteiger partial charge in [-0.1, -0.05) is 0 Å². The number of ether oxygens (including phenoxy) is 1. The maximum absolute atomic E-state index is 5.69. The van der Waals surface area contributed by atoms with Gasteiger partial charge in [-0.05, 0) is 13.8 Å². The minimum atomic E-state index is 0.247. The molecule has 1 aliphatic rings. The lowest BCUT2D eigenvalue weighted by molar-refractivity contribution is -0.00546. The van der Waals surface area contributed by atoms with E-state index in [2.05, 4.69) is 34.0 Å². The molecule has 0 aromatic carbocycles. The molecule has 0 amide bonds. The molecule has 0 unspecified atom stereocenters. The van der Waals surface area contributed by atoms with E-state index in [4.69, 9.17) is 4.74 Å². The molecule has 1 aliphatic heterocycles. The Morgan fingerprint density at radius 3 is 2.62 bits per heavy atom. The third-order valence-electron chi connectivity index (χ3n) is 2.65. The number of anilines is 2. The molecule has 16 heavy (non-hydrogen) atoms. The molecule has 88 valence electrons. The Morgan fingerprint density at radius 1 is 1.31 bits per heavy atom. The van der Waals surface area contributed by atoms with Crippen LogP contribution >= 0.6 is 0 Å². The Hall–Kier alpha value is -1.36. The monoisotopic (exact) mass is 222 g/mol. The highest BCUT2D eigenvalue weighted by molar-refractivity contribution is 5.48. The summed E-state index contributed by atoms with van der Waals surface area (Å²) in [6.07, 6.45) is 2.08. The predicted molar refractivity (Wildman–Crippen MR) is 63.8 cm³/mol. The second-order valence-corrected chi connectivity index (χ2v) is 4.17. The van der Waals surface area contributed by atoms with Crippen LogP contribution in [-0.2, 0) is 4.74 Å². The van der Waals surface area contributed by atoms with Gasteiger partial charge in [-0.25, -0.2) is 9.97 Å². The quantitative estimate of drug-likeness (QED) is 0.813. The summed E-state index contributed by atoms with van der Waals surface area (Å²) >= 11 is 0. The lowest BCUT2D eigenvalue weighted by Gasteiger charge is -2.36. The van der Waals surface area contributed by atoms with E-state index in [1.54, 1.807) is 6.33 Å². The van der Waals surface area contributed by atoms with Crippen molar-refractivity contribution in [3.63, 3.8) is 0 Å². The summed E-state index contributed by atoms with van der Waals surface area (Å²) < 4.78 is 5.69. The first-order valence-corrected chi connectivity index (χ1v) is 5.59. The molecule has 0 bridgehead atoms. The van der Waals surface area contributed by atoms with Gasteiger partial charge in [-0.15, -0.1) is 0 Å². The third-order valence-corrected chi connectivity index (χ3v) is 2.65. The fourth-order valence-electron chi connectivity index (χ4n) is 2.02. The van der Waals surface area contributed by atoms with Gasteiger partial charge in [0.25, 0.3) is 0 Å². The molecule has 1 saturated heterocycles. The van der Waals surface area contributed by atoms with Crippen LogP contribution in [0.4, 0.5) is 11.6 Å². The Labute approximate surface area is 95.8 Å². The van der Waals surface area contributed by atoms with Crippen molar-refractivity contribution in [1.82, 2.24) is 9.97 Å². The normalized spacial score (nSPS) is 25.6. The van der Waals surface area contributed by atoms with Crippen molar-refractivity contribution in [3.05, 3.63) is 12.4 Å². The van der Waals surface area contributed by atoms with Gasteiger partial charge in [-0.2, -0.15) is 0 Å². The molecule has 1 aromatic rings. The van der Waals surface area contributed by atoms with Gasteiger partial charge in [0, 0.05) is 26.2 Å². The van der Waals surface area contributed by atoms with E-state index >= 15 is 0 Å². The zero-order chi connectivity index (χ0) is 11.5. The topological polar surface area (TPSA) is 50.3 Å². The van der Waals surface area contributed by atoms with Crippen LogP contribution in [-0.4, -0.2) is 42.3 Å². The van der Waals surface area contributed by atoms with Crippen LogP contribution in [0.15, 0.2) is 12.4 Å². The second-order valence-electron chi connectivity index (χ2n) is 4.17. The van der Waals surface area contributed by atoms with Crippen molar-refractivity contribution in [1.29, 1.82) is 0 Å². The minimum Gasteiger partial charge on any atom is -0.373 e. The van der Waals surface area contributed by atoms with Crippen molar-refractivity contribution < 1.29 is 4.74 Å². The maximum Gasteiger partial charge on any atom is 0.134 e. The molecule has 1 N–H and O–H groups in total. The molecule has 1 aromatic heterocycles. The van der Waals surface area contributed by atoms with Crippen molar-refractivity contribution >= 4 is 11.6 Å². The van der Waals surface area contributed by atoms with Crippen molar-refractivity contribution in [2.45, 2.75) is 26.1 Å².